The zero-order valence-electron chi connectivity index (χ0n) is 12.5. The fraction of sp³-hybridized carbons (Fsp3) is 0.118. The third-order valence-corrected chi connectivity index (χ3v) is 4.14. The number of hydrogen-bond donors (Lipinski definition) is 1. The molecule has 0 bridgehead atoms. The molecule has 6 heteroatoms. The fourth-order valence-electron chi connectivity index (χ4n) is 2.31. The van der Waals surface area contributed by atoms with Gasteiger partial charge in [-0.25, -0.2) is 9.67 Å². The Morgan fingerprint density at radius 3 is 2.65 bits per heavy atom. The van der Waals surface area contributed by atoms with Gasteiger partial charge >= 0.3 is 0 Å². The van der Waals surface area contributed by atoms with E-state index in [0.29, 0.717) is 17.8 Å². The van der Waals surface area contributed by atoms with Crippen LogP contribution in [0, 0.1) is 3.57 Å². The molecule has 0 saturated carbocycles. The predicted molar refractivity (Wildman–Crippen MR) is 97.8 cm³/mol. The molecule has 0 radical (unpaired) electrons. The second-order valence-corrected chi connectivity index (χ2v) is 6.16. The summed E-state index contributed by atoms with van der Waals surface area (Å²) in [6.07, 6.45) is 3.99. The summed E-state index contributed by atoms with van der Waals surface area (Å²) in [4.78, 5) is 16.8. The van der Waals surface area contributed by atoms with Gasteiger partial charge in [0.05, 0.1) is 17.5 Å². The van der Waals surface area contributed by atoms with Gasteiger partial charge in [0, 0.05) is 15.5 Å². The van der Waals surface area contributed by atoms with Crippen LogP contribution in [0.15, 0.2) is 54.9 Å². The van der Waals surface area contributed by atoms with Crippen LogP contribution < -0.4 is 5.32 Å². The first kappa shape index (κ1) is 15.7. The van der Waals surface area contributed by atoms with Gasteiger partial charge in [0.2, 0.25) is 0 Å². The third-order valence-electron chi connectivity index (χ3n) is 3.42. The van der Waals surface area contributed by atoms with Gasteiger partial charge < -0.3 is 5.32 Å². The fourth-order valence-corrected chi connectivity index (χ4v) is 2.67. The maximum Gasteiger partial charge on any atom is 0.259 e. The minimum atomic E-state index is -0.162. The zero-order valence-corrected chi connectivity index (χ0v) is 14.7. The molecule has 5 nitrogen and oxygen atoms in total. The van der Waals surface area contributed by atoms with Crippen LogP contribution in [0.25, 0.3) is 5.82 Å². The second-order valence-electron chi connectivity index (χ2n) is 4.92. The van der Waals surface area contributed by atoms with Crippen molar-refractivity contribution in [2.75, 3.05) is 5.32 Å². The van der Waals surface area contributed by atoms with Crippen LogP contribution in [-0.2, 0) is 6.42 Å². The molecule has 3 rings (SSSR count). The summed E-state index contributed by atoms with van der Waals surface area (Å²) < 4.78 is 2.83. The SMILES string of the molecule is CCc1c(C(=O)Nc2ccc(I)cc2)cnn1-c1ccccn1. The molecule has 23 heavy (non-hydrogen) atoms. The number of amides is 1. The Hall–Kier alpha value is -2.22. The molecule has 116 valence electrons. The van der Waals surface area contributed by atoms with Crippen LogP contribution in [0.2, 0.25) is 0 Å². The Morgan fingerprint density at radius 2 is 2.00 bits per heavy atom. The van der Waals surface area contributed by atoms with Gasteiger partial charge in [-0.1, -0.05) is 13.0 Å². The molecule has 0 saturated heterocycles. The van der Waals surface area contributed by atoms with Gasteiger partial charge in [-0.2, -0.15) is 5.10 Å². The molecule has 0 fully saturated rings. The number of aromatic nitrogens is 3. The molecule has 0 atom stereocenters. The molecule has 1 amide bonds. The van der Waals surface area contributed by atoms with Crippen LogP contribution in [-0.4, -0.2) is 20.7 Å². The van der Waals surface area contributed by atoms with Gasteiger partial charge in [0.1, 0.15) is 0 Å². The highest BCUT2D eigenvalue weighted by Gasteiger charge is 2.17. The minimum Gasteiger partial charge on any atom is -0.322 e. The smallest absolute Gasteiger partial charge is 0.259 e. The van der Waals surface area contributed by atoms with E-state index in [9.17, 15) is 4.79 Å². The molecule has 3 aromatic rings. The molecule has 1 aromatic carbocycles. The summed E-state index contributed by atoms with van der Waals surface area (Å²) >= 11 is 2.23. The summed E-state index contributed by atoms with van der Waals surface area (Å²) in [5.74, 6) is 0.544. The molecule has 0 spiro atoms. The Labute approximate surface area is 147 Å². The average molecular weight is 418 g/mol. The normalized spacial score (nSPS) is 10.5. The number of anilines is 1. The standard InChI is InChI=1S/C17H15IN4O/c1-2-15-14(11-20-22(15)16-5-3-4-10-19-16)17(23)21-13-8-6-12(18)7-9-13/h3-11H,2H2,1H3,(H,21,23). The average Bonchev–Trinajstić information content (AvgIpc) is 3.02. The van der Waals surface area contributed by atoms with Crippen molar-refractivity contribution >= 4 is 34.2 Å². The molecular formula is C17H15IN4O. The number of carbonyl (C=O) groups excluding carboxylic acids is 1. The Kier molecular flexibility index (Phi) is 4.71. The Balaban J connectivity index is 1.89. The summed E-state index contributed by atoms with van der Waals surface area (Å²) in [6.45, 7) is 2.00. The van der Waals surface area contributed by atoms with E-state index in [1.54, 1.807) is 17.1 Å². The highest BCUT2D eigenvalue weighted by Crippen LogP contribution is 2.17. The monoisotopic (exact) mass is 418 g/mol. The van der Waals surface area contributed by atoms with E-state index in [-0.39, 0.29) is 5.91 Å². The summed E-state index contributed by atoms with van der Waals surface area (Å²) in [5.41, 5.74) is 2.17. The molecule has 0 aliphatic heterocycles. The number of nitrogens with one attached hydrogen (secondary N) is 1. The van der Waals surface area contributed by atoms with Gasteiger partial charge in [0.25, 0.3) is 5.91 Å². The number of benzene rings is 1. The number of carbonyl (C=O) groups is 1. The number of pyridine rings is 1. The van der Waals surface area contributed by atoms with E-state index in [1.807, 2.05) is 49.4 Å². The van der Waals surface area contributed by atoms with Gasteiger partial charge in [0.15, 0.2) is 5.82 Å². The van der Waals surface area contributed by atoms with Crippen molar-refractivity contribution in [2.45, 2.75) is 13.3 Å². The van der Waals surface area contributed by atoms with E-state index in [2.05, 4.69) is 38.0 Å². The molecular weight excluding hydrogens is 403 g/mol. The molecule has 0 aliphatic carbocycles. The molecule has 0 aliphatic rings. The summed E-state index contributed by atoms with van der Waals surface area (Å²) in [7, 11) is 0. The zero-order chi connectivity index (χ0) is 16.2. The lowest BCUT2D eigenvalue weighted by Gasteiger charge is -2.08. The van der Waals surface area contributed by atoms with Crippen LogP contribution in [0.3, 0.4) is 0 Å². The lowest BCUT2D eigenvalue weighted by molar-refractivity contribution is 0.102. The number of rotatable bonds is 4. The third kappa shape index (κ3) is 3.42. The van der Waals surface area contributed by atoms with E-state index in [1.165, 1.54) is 0 Å². The molecule has 2 heterocycles. The predicted octanol–water partition coefficient (Wildman–Crippen LogP) is 3.69. The Morgan fingerprint density at radius 1 is 1.22 bits per heavy atom. The maximum absolute atomic E-state index is 12.5. The largest absolute Gasteiger partial charge is 0.322 e. The van der Waals surface area contributed by atoms with Crippen molar-refractivity contribution in [1.82, 2.24) is 14.8 Å². The molecule has 2 aromatic heterocycles. The van der Waals surface area contributed by atoms with E-state index < -0.39 is 0 Å². The minimum absolute atomic E-state index is 0.162. The number of hydrogen-bond acceptors (Lipinski definition) is 3. The topological polar surface area (TPSA) is 59.8 Å². The van der Waals surface area contributed by atoms with E-state index in [4.69, 9.17) is 0 Å². The van der Waals surface area contributed by atoms with Crippen LogP contribution in [0.1, 0.15) is 23.0 Å². The van der Waals surface area contributed by atoms with Crippen molar-refractivity contribution in [3.63, 3.8) is 0 Å². The number of halogens is 1. The summed E-state index contributed by atoms with van der Waals surface area (Å²) in [6, 6.07) is 13.3. The molecule has 1 N–H and O–H groups in total. The maximum atomic E-state index is 12.5. The summed E-state index contributed by atoms with van der Waals surface area (Å²) in [5, 5.41) is 7.24. The van der Waals surface area contributed by atoms with Crippen LogP contribution in [0.4, 0.5) is 5.69 Å². The van der Waals surface area contributed by atoms with Crippen LogP contribution in [0.5, 0.6) is 0 Å². The van der Waals surface area contributed by atoms with Crippen molar-refractivity contribution in [3.8, 4) is 5.82 Å². The Bertz CT molecular complexity index is 812. The second kappa shape index (κ2) is 6.91. The van der Waals surface area contributed by atoms with Gasteiger partial charge in [-0.3, -0.25) is 4.79 Å². The van der Waals surface area contributed by atoms with Gasteiger partial charge in [-0.15, -0.1) is 0 Å². The number of nitrogens with zero attached hydrogens (tertiary/aromatic N) is 3. The quantitative estimate of drug-likeness (QED) is 0.658. The molecule has 0 unspecified atom stereocenters. The van der Waals surface area contributed by atoms with Crippen molar-refractivity contribution in [1.29, 1.82) is 0 Å². The first-order valence-electron chi connectivity index (χ1n) is 7.24. The lowest BCUT2D eigenvalue weighted by atomic mass is 10.2. The first-order valence-corrected chi connectivity index (χ1v) is 8.32. The lowest BCUT2D eigenvalue weighted by Crippen LogP contribution is -2.14. The van der Waals surface area contributed by atoms with Crippen LogP contribution >= 0.6 is 22.6 Å². The van der Waals surface area contributed by atoms with E-state index >= 15 is 0 Å². The van der Waals surface area contributed by atoms with Crippen molar-refractivity contribution < 1.29 is 4.79 Å². The van der Waals surface area contributed by atoms with Crippen molar-refractivity contribution in [2.24, 2.45) is 0 Å². The van der Waals surface area contributed by atoms with E-state index in [0.717, 1.165) is 15.0 Å². The first-order chi connectivity index (χ1) is 11.2. The highest BCUT2D eigenvalue weighted by molar-refractivity contribution is 14.1. The van der Waals surface area contributed by atoms with Gasteiger partial charge in [-0.05, 0) is 65.4 Å². The van der Waals surface area contributed by atoms with Crippen molar-refractivity contribution in [3.05, 3.63) is 69.7 Å². The highest BCUT2D eigenvalue weighted by atomic mass is 127.